The smallest absolute Gasteiger partial charge is 0.268 e. The third kappa shape index (κ3) is 4.32. The van der Waals surface area contributed by atoms with Crippen LogP contribution in [0, 0.1) is 5.92 Å². The molecule has 0 spiro atoms. The van der Waals surface area contributed by atoms with Crippen LogP contribution < -0.4 is 16.0 Å². The number of nitrogens with zero attached hydrogens (tertiary/aromatic N) is 3. The van der Waals surface area contributed by atoms with Crippen LogP contribution in [0.3, 0.4) is 0 Å². The van der Waals surface area contributed by atoms with E-state index in [0.29, 0.717) is 25.5 Å². The first-order chi connectivity index (χ1) is 12.1. The molecule has 1 aliphatic rings. The van der Waals surface area contributed by atoms with Crippen molar-refractivity contribution in [2.75, 3.05) is 18.0 Å². The zero-order valence-electron chi connectivity index (χ0n) is 13.9. The average Bonchev–Trinajstić information content (AvgIpc) is 2.67. The van der Waals surface area contributed by atoms with E-state index in [1.807, 2.05) is 35.2 Å². The number of hydrogen-bond donors (Lipinski definition) is 2. The van der Waals surface area contributed by atoms with E-state index in [-0.39, 0.29) is 17.5 Å². The van der Waals surface area contributed by atoms with Gasteiger partial charge in [-0.3, -0.25) is 14.6 Å². The second kappa shape index (κ2) is 7.74. The van der Waals surface area contributed by atoms with E-state index in [2.05, 4.69) is 15.3 Å². The molecule has 25 heavy (non-hydrogen) atoms. The Morgan fingerprint density at radius 1 is 1.16 bits per heavy atom. The van der Waals surface area contributed by atoms with Gasteiger partial charge in [0.25, 0.3) is 5.91 Å². The molecular formula is C18H21N5O2. The number of rotatable bonds is 5. The normalized spacial score (nSPS) is 15.0. The van der Waals surface area contributed by atoms with Gasteiger partial charge >= 0.3 is 0 Å². The highest BCUT2D eigenvalue weighted by Gasteiger charge is 2.25. The van der Waals surface area contributed by atoms with E-state index in [9.17, 15) is 9.59 Å². The molecular weight excluding hydrogens is 318 g/mol. The predicted octanol–water partition coefficient (Wildman–Crippen LogP) is 1.11. The van der Waals surface area contributed by atoms with Gasteiger partial charge in [-0.15, -0.1) is 0 Å². The number of carbonyl (C=O) groups is 2. The Balaban J connectivity index is 1.52. The van der Waals surface area contributed by atoms with Crippen LogP contribution in [-0.4, -0.2) is 34.9 Å². The predicted molar refractivity (Wildman–Crippen MR) is 93.8 cm³/mol. The summed E-state index contributed by atoms with van der Waals surface area (Å²) in [6.45, 7) is 1.94. The molecule has 0 aliphatic carbocycles. The Labute approximate surface area is 146 Å². The minimum Gasteiger partial charge on any atom is -0.364 e. The number of primary amides is 1. The maximum Gasteiger partial charge on any atom is 0.268 e. The van der Waals surface area contributed by atoms with Gasteiger partial charge in [0.2, 0.25) is 5.91 Å². The standard InChI is InChI=1S/C18H21N5O2/c19-17(24)15-11-20-12-16(22-15)23-8-6-14(7-9-23)18(25)21-10-13-4-2-1-3-5-13/h1-5,11-12,14H,6-10H2,(H2,19,24)(H,21,25). The minimum atomic E-state index is -0.593. The molecule has 0 saturated carbocycles. The molecule has 2 heterocycles. The maximum atomic E-state index is 12.3. The first-order valence-electron chi connectivity index (χ1n) is 8.32. The number of carbonyl (C=O) groups excluding carboxylic acids is 2. The number of benzene rings is 1. The van der Waals surface area contributed by atoms with Crippen molar-refractivity contribution in [1.82, 2.24) is 15.3 Å². The van der Waals surface area contributed by atoms with Gasteiger partial charge < -0.3 is 16.0 Å². The van der Waals surface area contributed by atoms with Crippen molar-refractivity contribution in [3.8, 4) is 0 Å². The monoisotopic (exact) mass is 339 g/mol. The Morgan fingerprint density at radius 2 is 1.88 bits per heavy atom. The zero-order valence-corrected chi connectivity index (χ0v) is 13.9. The number of nitrogens with two attached hydrogens (primary N) is 1. The van der Waals surface area contributed by atoms with Crippen LogP contribution in [0.1, 0.15) is 28.9 Å². The average molecular weight is 339 g/mol. The molecule has 130 valence electrons. The summed E-state index contributed by atoms with van der Waals surface area (Å²) in [4.78, 5) is 33.8. The first-order valence-corrected chi connectivity index (χ1v) is 8.32. The number of piperidine rings is 1. The quantitative estimate of drug-likeness (QED) is 0.850. The molecule has 0 bridgehead atoms. The maximum absolute atomic E-state index is 12.3. The molecule has 7 nitrogen and oxygen atoms in total. The van der Waals surface area contributed by atoms with Crippen molar-refractivity contribution < 1.29 is 9.59 Å². The van der Waals surface area contributed by atoms with E-state index in [4.69, 9.17) is 5.73 Å². The largest absolute Gasteiger partial charge is 0.364 e. The van der Waals surface area contributed by atoms with Gasteiger partial charge in [-0.05, 0) is 18.4 Å². The lowest BCUT2D eigenvalue weighted by molar-refractivity contribution is -0.125. The Bertz CT molecular complexity index is 742. The molecule has 1 saturated heterocycles. The second-order valence-electron chi connectivity index (χ2n) is 6.09. The molecule has 2 amide bonds. The summed E-state index contributed by atoms with van der Waals surface area (Å²) >= 11 is 0. The highest BCUT2D eigenvalue weighted by Crippen LogP contribution is 2.21. The van der Waals surface area contributed by atoms with Crippen molar-refractivity contribution in [3.63, 3.8) is 0 Å². The summed E-state index contributed by atoms with van der Waals surface area (Å²) in [7, 11) is 0. The van der Waals surface area contributed by atoms with Crippen LogP contribution >= 0.6 is 0 Å². The summed E-state index contributed by atoms with van der Waals surface area (Å²) in [5.74, 6) is 0.108. The number of hydrogen-bond acceptors (Lipinski definition) is 5. The molecule has 3 rings (SSSR count). The third-order valence-corrected chi connectivity index (χ3v) is 4.37. The number of nitrogens with one attached hydrogen (secondary N) is 1. The molecule has 1 fully saturated rings. The number of anilines is 1. The zero-order chi connectivity index (χ0) is 17.6. The van der Waals surface area contributed by atoms with Crippen molar-refractivity contribution in [1.29, 1.82) is 0 Å². The van der Waals surface area contributed by atoms with Crippen LogP contribution in [0.5, 0.6) is 0 Å². The van der Waals surface area contributed by atoms with Crippen molar-refractivity contribution >= 4 is 17.6 Å². The topological polar surface area (TPSA) is 101 Å². The van der Waals surface area contributed by atoms with Crippen LogP contribution in [0.15, 0.2) is 42.7 Å². The van der Waals surface area contributed by atoms with Crippen LogP contribution in [0.4, 0.5) is 5.82 Å². The Kier molecular flexibility index (Phi) is 5.23. The molecule has 2 aromatic rings. The summed E-state index contributed by atoms with van der Waals surface area (Å²) in [6.07, 6.45) is 4.45. The molecule has 0 atom stereocenters. The van der Waals surface area contributed by atoms with Crippen molar-refractivity contribution in [3.05, 3.63) is 54.0 Å². The second-order valence-corrected chi connectivity index (χ2v) is 6.09. The molecule has 3 N–H and O–H groups in total. The van der Waals surface area contributed by atoms with E-state index in [1.54, 1.807) is 6.20 Å². The van der Waals surface area contributed by atoms with E-state index in [1.165, 1.54) is 6.20 Å². The fourth-order valence-corrected chi connectivity index (χ4v) is 2.93. The van der Waals surface area contributed by atoms with E-state index in [0.717, 1.165) is 18.4 Å². The Morgan fingerprint density at radius 3 is 2.56 bits per heavy atom. The van der Waals surface area contributed by atoms with Gasteiger partial charge in [-0.1, -0.05) is 30.3 Å². The van der Waals surface area contributed by atoms with Gasteiger partial charge in [-0.25, -0.2) is 4.98 Å². The molecule has 1 aliphatic heterocycles. The third-order valence-electron chi connectivity index (χ3n) is 4.37. The number of aromatic nitrogens is 2. The number of amides is 2. The lowest BCUT2D eigenvalue weighted by Gasteiger charge is -2.32. The molecule has 0 unspecified atom stereocenters. The van der Waals surface area contributed by atoms with Gasteiger partial charge in [0.05, 0.1) is 12.4 Å². The minimum absolute atomic E-state index is 0.00718. The van der Waals surface area contributed by atoms with Gasteiger partial charge in [0, 0.05) is 25.6 Å². The Hall–Kier alpha value is -2.96. The van der Waals surface area contributed by atoms with Gasteiger partial charge in [0.15, 0.2) is 0 Å². The molecule has 1 aromatic carbocycles. The van der Waals surface area contributed by atoms with Crippen molar-refractivity contribution in [2.24, 2.45) is 11.7 Å². The molecule has 0 radical (unpaired) electrons. The molecule has 7 heteroatoms. The van der Waals surface area contributed by atoms with Crippen LogP contribution in [-0.2, 0) is 11.3 Å². The van der Waals surface area contributed by atoms with Crippen LogP contribution in [0.25, 0.3) is 0 Å². The summed E-state index contributed by atoms with van der Waals surface area (Å²) < 4.78 is 0. The van der Waals surface area contributed by atoms with Gasteiger partial charge in [-0.2, -0.15) is 0 Å². The highest BCUT2D eigenvalue weighted by atomic mass is 16.2. The molecule has 1 aromatic heterocycles. The van der Waals surface area contributed by atoms with Crippen LogP contribution in [0.2, 0.25) is 0 Å². The van der Waals surface area contributed by atoms with Gasteiger partial charge in [0.1, 0.15) is 11.5 Å². The fourth-order valence-electron chi connectivity index (χ4n) is 2.93. The van der Waals surface area contributed by atoms with E-state index < -0.39 is 5.91 Å². The fraction of sp³-hybridized carbons (Fsp3) is 0.333. The summed E-state index contributed by atoms with van der Waals surface area (Å²) in [6, 6.07) is 9.86. The summed E-state index contributed by atoms with van der Waals surface area (Å²) in [5.41, 5.74) is 6.49. The van der Waals surface area contributed by atoms with E-state index >= 15 is 0 Å². The first kappa shape index (κ1) is 16.9. The lowest BCUT2D eigenvalue weighted by atomic mass is 9.96. The summed E-state index contributed by atoms with van der Waals surface area (Å²) in [5, 5.41) is 3.00. The van der Waals surface area contributed by atoms with Crippen molar-refractivity contribution in [2.45, 2.75) is 19.4 Å². The lowest BCUT2D eigenvalue weighted by Crippen LogP contribution is -2.40. The highest BCUT2D eigenvalue weighted by molar-refractivity contribution is 5.90. The SMILES string of the molecule is NC(=O)c1cncc(N2CCC(C(=O)NCc3ccccc3)CC2)n1.